The fourth-order valence-electron chi connectivity index (χ4n) is 3.62. The van der Waals surface area contributed by atoms with Gasteiger partial charge in [-0.3, -0.25) is 4.90 Å². The molecule has 1 atom stereocenters. The van der Waals surface area contributed by atoms with E-state index >= 15 is 0 Å². The van der Waals surface area contributed by atoms with Crippen LogP contribution < -0.4 is 5.32 Å². The van der Waals surface area contributed by atoms with Crippen molar-refractivity contribution in [1.29, 1.82) is 0 Å². The lowest BCUT2D eigenvalue weighted by molar-refractivity contribution is 0.0656. The highest BCUT2D eigenvalue weighted by Crippen LogP contribution is 2.31. The molecule has 1 aliphatic carbocycles. The summed E-state index contributed by atoms with van der Waals surface area (Å²) < 4.78 is 5.76. The number of ether oxygens (including phenoxy) is 1. The van der Waals surface area contributed by atoms with Gasteiger partial charge in [0, 0.05) is 62.9 Å². The van der Waals surface area contributed by atoms with Gasteiger partial charge in [0.2, 0.25) is 0 Å². The van der Waals surface area contributed by atoms with E-state index in [2.05, 4.69) is 35.9 Å². The normalized spacial score (nSPS) is 32.7. The maximum atomic E-state index is 5.76. The molecular weight excluding hydrogens is 262 g/mol. The third-order valence-electron chi connectivity index (χ3n) is 5.21. The predicted octanol–water partition coefficient (Wildman–Crippen LogP) is 1.56. The van der Waals surface area contributed by atoms with Gasteiger partial charge in [0.15, 0.2) is 0 Å². The Labute approximate surface area is 130 Å². The first-order valence-corrected chi connectivity index (χ1v) is 8.75. The van der Waals surface area contributed by atoms with Crippen LogP contribution in [0.15, 0.2) is 0 Å². The van der Waals surface area contributed by atoms with Crippen molar-refractivity contribution in [2.75, 3.05) is 52.5 Å². The van der Waals surface area contributed by atoms with Gasteiger partial charge in [-0.1, -0.05) is 0 Å². The third-order valence-corrected chi connectivity index (χ3v) is 5.21. The van der Waals surface area contributed by atoms with Crippen molar-refractivity contribution in [1.82, 2.24) is 15.1 Å². The van der Waals surface area contributed by atoms with E-state index in [-0.39, 0.29) is 5.54 Å². The van der Waals surface area contributed by atoms with Crippen molar-refractivity contribution in [3.63, 3.8) is 0 Å². The van der Waals surface area contributed by atoms with Crippen molar-refractivity contribution in [3.05, 3.63) is 0 Å². The van der Waals surface area contributed by atoms with Gasteiger partial charge in [0.1, 0.15) is 0 Å². The van der Waals surface area contributed by atoms with Crippen molar-refractivity contribution in [2.24, 2.45) is 5.41 Å². The van der Waals surface area contributed by atoms with E-state index in [9.17, 15) is 0 Å². The lowest BCUT2D eigenvalue weighted by atomic mass is 9.85. The summed E-state index contributed by atoms with van der Waals surface area (Å²) in [5.74, 6) is 0. The Morgan fingerprint density at radius 3 is 2.38 bits per heavy atom. The fraction of sp³-hybridized carbons (Fsp3) is 1.00. The molecule has 2 saturated heterocycles. The van der Waals surface area contributed by atoms with E-state index in [0.29, 0.717) is 5.41 Å². The third kappa shape index (κ3) is 4.41. The van der Waals surface area contributed by atoms with Crippen LogP contribution in [0.5, 0.6) is 0 Å². The Kier molecular flexibility index (Phi) is 4.60. The average Bonchev–Trinajstić information content (AvgIpc) is 3.18. The van der Waals surface area contributed by atoms with Gasteiger partial charge in [-0.15, -0.1) is 0 Å². The number of rotatable bonds is 5. The molecule has 3 aliphatic rings. The lowest BCUT2D eigenvalue weighted by Gasteiger charge is -2.41. The van der Waals surface area contributed by atoms with Crippen LogP contribution in [0.4, 0.5) is 0 Å². The van der Waals surface area contributed by atoms with E-state index in [1.165, 1.54) is 52.0 Å². The monoisotopic (exact) mass is 295 g/mol. The maximum Gasteiger partial charge on any atom is 0.0547 e. The van der Waals surface area contributed by atoms with E-state index in [1.54, 1.807) is 0 Å². The van der Waals surface area contributed by atoms with Gasteiger partial charge in [-0.2, -0.15) is 0 Å². The molecule has 2 heterocycles. The molecule has 3 fully saturated rings. The minimum atomic E-state index is 0.195. The molecular formula is C17H33N3O. The Morgan fingerprint density at radius 1 is 1.14 bits per heavy atom. The van der Waals surface area contributed by atoms with Crippen LogP contribution in [0.1, 0.15) is 40.0 Å². The Bertz CT molecular complexity index is 334. The molecule has 122 valence electrons. The van der Waals surface area contributed by atoms with Crippen LogP contribution in [0, 0.1) is 5.41 Å². The first-order valence-electron chi connectivity index (χ1n) is 8.75. The van der Waals surface area contributed by atoms with E-state index in [1.807, 2.05) is 0 Å². The summed E-state index contributed by atoms with van der Waals surface area (Å²) in [6, 6.07) is 0.929. The van der Waals surface area contributed by atoms with Gasteiger partial charge >= 0.3 is 0 Å². The zero-order chi connectivity index (χ0) is 14.9. The average molecular weight is 295 g/mol. The van der Waals surface area contributed by atoms with Crippen LogP contribution in [0.25, 0.3) is 0 Å². The van der Waals surface area contributed by atoms with Crippen LogP contribution in [-0.4, -0.2) is 73.9 Å². The smallest absolute Gasteiger partial charge is 0.0547 e. The summed E-state index contributed by atoms with van der Waals surface area (Å²) >= 11 is 0. The van der Waals surface area contributed by atoms with Crippen molar-refractivity contribution >= 4 is 0 Å². The molecule has 21 heavy (non-hydrogen) atoms. The quantitative estimate of drug-likeness (QED) is 0.833. The zero-order valence-electron chi connectivity index (χ0n) is 14.2. The summed E-state index contributed by atoms with van der Waals surface area (Å²) in [5, 5.41) is 3.71. The Morgan fingerprint density at radius 2 is 1.86 bits per heavy atom. The molecule has 1 N–H and O–H groups in total. The second-order valence-electron chi connectivity index (χ2n) is 8.45. The first kappa shape index (κ1) is 15.7. The SMILES string of the molecule is CC(C)(C)NCC1(CN2CCN(C3CC3)CC2)CCOC1. The van der Waals surface area contributed by atoms with Gasteiger partial charge in [-0.25, -0.2) is 0 Å². The minimum absolute atomic E-state index is 0.195. The van der Waals surface area contributed by atoms with Gasteiger partial charge in [-0.05, 0) is 40.0 Å². The number of piperazine rings is 1. The van der Waals surface area contributed by atoms with E-state index in [0.717, 1.165) is 25.8 Å². The Balaban J connectivity index is 1.50. The van der Waals surface area contributed by atoms with Crippen LogP contribution in [0.3, 0.4) is 0 Å². The maximum absolute atomic E-state index is 5.76. The number of hydrogen-bond acceptors (Lipinski definition) is 4. The molecule has 0 spiro atoms. The second-order valence-corrected chi connectivity index (χ2v) is 8.45. The van der Waals surface area contributed by atoms with Crippen LogP contribution in [-0.2, 0) is 4.74 Å². The topological polar surface area (TPSA) is 27.7 Å². The van der Waals surface area contributed by atoms with Gasteiger partial charge in [0.25, 0.3) is 0 Å². The Hall–Kier alpha value is -0.160. The van der Waals surface area contributed by atoms with E-state index < -0.39 is 0 Å². The van der Waals surface area contributed by atoms with Crippen molar-refractivity contribution in [2.45, 2.75) is 51.6 Å². The standard InChI is InChI=1S/C17H33N3O/c1-16(2,3)18-12-17(6-11-21-14-17)13-19-7-9-20(10-8-19)15-4-5-15/h15,18H,4-14H2,1-3H3. The second kappa shape index (κ2) is 6.15. The molecule has 0 radical (unpaired) electrons. The molecule has 1 unspecified atom stereocenters. The first-order chi connectivity index (χ1) is 9.96. The number of nitrogens with zero attached hydrogens (tertiary/aromatic N) is 2. The molecule has 0 aromatic rings. The largest absolute Gasteiger partial charge is 0.381 e. The van der Waals surface area contributed by atoms with Crippen LogP contribution in [0.2, 0.25) is 0 Å². The molecule has 1 saturated carbocycles. The van der Waals surface area contributed by atoms with Crippen molar-refractivity contribution < 1.29 is 4.74 Å². The lowest BCUT2D eigenvalue weighted by Crippen LogP contribution is -2.54. The number of nitrogens with one attached hydrogen (secondary N) is 1. The van der Waals surface area contributed by atoms with Crippen LogP contribution >= 0.6 is 0 Å². The molecule has 0 aromatic heterocycles. The summed E-state index contributed by atoms with van der Waals surface area (Å²) in [7, 11) is 0. The molecule has 0 amide bonds. The number of hydrogen-bond donors (Lipinski definition) is 1. The predicted molar refractivity (Wildman–Crippen MR) is 86.7 cm³/mol. The van der Waals surface area contributed by atoms with Gasteiger partial charge < -0.3 is 15.0 Å². The molecule has 0 aromatic carbocycles. The molecule has 4 nitrogen and oxygen atoms in total. The zero-order valence-corrected chi connectivity index (χ0v) is 14.2. The molecule has 2 aliphatic heterocycles. The highest BCUT2D eigenvalue weighted by molar-refractivity contribution is 4.93. The molecule has 0 bridgehead atoms. The highest BCUT2D eigenvalue weighted by atomic mass is 16.5. The molecule has 3 rings (SSSR count). The highest BCUT2D eigenvalue weighted by Gasteiger charge is 2.39. The summed E-state index contributed by atoms with van der Waals surface area (Å²) in [5.41, 5.74) is 0.523. The summed E-state index contributed by atoms with van der Waals surface area (Å²) in [6.45, 7) is 15.9. The van der Waals surface area contributed by atoms with Crippen molar-refractivity contribution in [3.8, 4) is 0 Å². The summed E-state index contributed by atoms with van der Waals surface area (Å²) in [4.78, 5) is 5.37. The summed E-state index contributed by atoms with van der Waals surface area (Å²) in [6.07, 6.45) is 4.08. The fourth-order valence-corrected chi connectivity index (χ4v) is 3.62. The van der Waals surface area contributed by atoms with E-state index in [4.69, 9.17) is 4.74 Å². The van der Waals surface area contributed by atoms with Gasteiger partial charge in [0.05, 0.1) is 6.61 Å². The minimum Gasteiger partial charge on any atom is -0.381 e. The molecule has 4 heteroatoms.